The van der Waals surface area contributed by atoms with Gasteiger partial charge in [-0.05, 0) is 30.5 Å². The SMILES string of the molecule is CC[C@]1(N)C[C@@H]1c1cccc(F)c1.Cl. The Morgan fingerprint density at radius 3 is 2.79 bits per heavy atom. The van der Waals surface area contributed by atoms with Crippen molar-refractivity contribution in [2.45, 2.75) is 31.2 Å². The lowest BCUT2D eigenvalue weighted by Crippen LogP contribution is -2.22. The summed E-state index contributed by atoms with van der Waals surface area (Å²) in [6.45, 7) is 2.08. The average Bonchev–Trinajstić information content (AvgIpc) is 2.79. The topological polar surface area (TPSA) is 26.0 Å². The molecule has 0 saturated heterocycles. The quantitative estimate of drug-likeness (QED) is 0.807. The number of benzene rings is 1. The highest BCUT2D eigenvalue weighted by molar-refractivity contribution is 5.85. The van der Waals surface area contributed by atoms with Crippen LogP contribution in [0.25, 0.3) is 0 Å². The lowest BCUT2D eigenvalue weighted by Gasteiger charge is -2.07. The molecule has 3 heteroatoms. The Kier molecular flexibility index (Phi) is 3.17. The van der Waals surface area contributed by atoms with Crippen molar-refractivity contribution < 1.29 is 4.39 Å². The lowest BCUT2D eigenvalue weighted by molar-refractivity contribution is 0.612. The normalized spacial score (nSPS) is 29.5. The molecule has 0 spiro atoms. The third-order valence-corrected chi connectivity index (χ3v) is 3.03. The fourth-order valence-electron chi connectivity index (χ4n) is 1.88. The van der Waals surface area contributed by atoms with Crippen molar-refractivity contribution in [1.29, 1.82) is 0 Å². The molecule has 0 amide bonds. The first-order chi connectivity index (χ1) is 6.15. The van der Waals surface area contributed by atoms with E-state index < -0.39 is 0 Å². The molecule has 1 saturated carbocycles. The molecule has 14 heavy (non-hydrogen) atoms. The summed E-state index contributed by atoms with van der Waals surface area (Å²) in [6.07, 6.45) is 1.96. The van der Waals surface area contributed by atoms with E-state index in [-0.39, 0.29) is 23.8 Å². The summed E-state index contributed by atoms with van der Waals surface area (Å²) in [5.41, 5.74) is 7.03. The van der Waals surface area contributed by atoms with Gasteiger partial charge in [0.15, 0.2) is 0 Å². The van der Waals surface area contributed by atoms with E-state index in [0.29, 0.717) is 5.92 Å². The molecule has 2 N–H and O–H groups in total. The third-order valence-electron chi connectivity index (χ3n) is 3.03. The molecule has 0 unspecified atom stereocenters. The second-order valence-electron chi connectivity index (χ2n) is 3.90. The van der Waals surface area contributed by atoms with E-state index in [4.69, 9.17) is 5.73 Å². The molecular weight excluding hydrogens is 201 g/mol. The van der Waals surface area contributed by atoms with Crippen LogP contribution in [0.3, 0.4) is 0 Å². The molecule has 78 valence electrons. The number of halogens is 2. The largest absolute Gasteiger partial charge is 0.325 e. The lowest BCUT2D eigenvalue weighted by atomic mass is 10.1. The summed E-state index contributed by atoms with van der Waals surface area (Å²) in [7, 11) is 0. The van der Waals surface area contributed by atoms with Gasteiger partial charge in [0.25, 0.3) is 0 Å². The van der Waals surface area contributed by atoms with E-state index in [2.05, 4.69) is 6.92 Å². The van der Waals surface area contributed by atoms with Crippen LogP contribution < -0.4 is 5.73 Å². The summed E-state index contributed by atoms with van der Waals surface area (Å²) in [5, 5.41) is 0. The van der Waals surface area contributed by atoms with Crippen LogP contribution in [0.1, 0.15) is 31.2 Å². The van der Waals surface area contributed by atoms with E-state index in [1.54, 1.807) is 12.1 Å². The van der Waals surface area contributed by atoms with Gasteiger partial charge in [0.05, 0.1) is 0 Å². The molecule has 1 nitrogen and oxygen atoms in total. The molecule has 1 aliphatic rings. The Morgan fingerprint density at radius 2 is 2.29 bits per heavy atom. The van der Waals surface area contributed by atoms with Gasteiger partial charge in [-0.2, -0.15) is 0 Å². The van der Waals surface area contributed by atoms with Gasteiger partial charge in [0.2, 0.25) is 0 Å². The molecule has 2 atom stereocenters. The minimum Gasteiger partial charge on any atom is -0.325 e. The van der Waals surface area contributed by atoms with Crippen molar-refractivity contribution in [3.63, 3.8) is 0 Å². The molecule has 1 fully saturated rings. The van der Waals surface area contributed by atoms with Crippen molar-refractivity contribution in [3.8, 4) is 0 Å². The number of nitrogens with two attached hydrogens (primary N) is 1. The van der Waals surface area contributed by atoms with E-state index in [9.17, 15) is 4.39 Å². The van der Waals surface area contributed by atoms with Crippen molar-refractivity contribution in [1.82, 2.24) is 0 Å². The smallest absolute Gasteiger partial charge is 0.123 e. The van der Waals surface area contributed by atoms with Crippen LogP contribution in [-0.4, -0.2) is 5.54 Å². The van der Waals surface area contributed by atoms with Crippen molar-refractivity contribution in [3.05, 3.63) is 35.6 Å². The van der Waals surface area contributed by atoms with Gasteiger partial charge in [-0.3, -0.25) is 0 Å². The monoisotopic (exact) mass is 215 g/mol. The zero-order valence-electron chi connectivity index (χ0n) is 8.16. The Hall–Kier alpha value is -0.600. The van der Waals surface area contributed by atoms with E-state index in [1.165, 1.54) is 6.07 Å². The molecule has 1 aromatic carbocycles. The summed E-state index contributed by atoms with van der Waals surface area (Å²) >= 11 is 0. The molecule has 0 radical (unpaired) electrons. The summed E-state index contributed by atoms with van der Waals surface area (Å²) in [5.74, 6) is 0.205. The predicted molar refractivity (Wildman–Crippen MR) is 58.2 cm³/mol. The van der Waals surface area contributed by atoms with Crippen LogP contribution in [0.5, 0.6) is 0 Å². The first-order valence-electron chi connectivity index (χ1n) is 4.70. The number of rotatable bonds is 2. The van der Waals surface area contributed by atoms with Crippen molar-refractivity contribution >= 4 is 12.4 Å². The van der Waals surface area contributed by atoms with Crippen LogP contribution in [0.2, 0.25) is 0 Å². The number of hydrogen-bond acceptors (Lipinski definition) is 1. The number of hydrogen-bond donors (Lipinski definition) is 1. The Balaban J connectivity index is 0.000000980. The van der Waals surface area contributed by atoms with Crippen LogP contribution in [0.15, 0.2) is 24.3 Å². The highest BCUT2D eigenvalue weighted by atomic mass is 35.5. The maximum absolute atomic E-state index is 12.9. The molecule has 2 rings (SSSR count). The van der Waals surface area contributed by atoms with Gasteiger partial charge in [-0.1, -0.05) is 19.1 Å². The maximum Gasteiger partial charge on any atom is 0.123 e. The highest BCUT2D eigenvalue weighted by Crippen LogP contribution is 2.51. The first-order valence-corrected chi connectivity index (χ1v) is 4.70. The minimum atomic E-state index is -0.164. The van der Waals surface area contributed by atoms with Gasteiger partial charge < -0.3 is 5.73 Å². The Labute approximate surface area is 89.9 Å². The Morgan fingerprint density at radius 1 is 1.57 bits per heavy atom. The zero-order chi connectivity index (χ0) is 9.47. The second kappa shape index (κ2) is 3.87. The van der Waals surface area contributed by atoms with Gasteiger partial charge in [-0.15, -0.1) is 12.4 Å². The molecule has 0 aliphatic heterocycles. The summed E-state index contributed by atoms with van der Waals surface area (Å²) in [4.78, 5) is 0. The fourth-order valence-corrected chi connectivity index (χ4v) is 1.88. The van der Waals surface area contributed by atoms with Gasteiger partial charge in [0.1, 0.15) is 5.82 Å². The highest BCUT2D eigenvalue weighted by Gasteiger charge is 2.49. The van der Waals surface area contributed by atoms with E-state index in [0.717, 1.165) is 18.4 Å². The molecular formula is C11H15ClFN. The van der Waals surface area contributed by atoms with Gasteiger partial charge >= 0.3 is 0 Å². The Bertz CT molecular complexity index is 329. The molecule has 1 aromatic rings. The van der Waals surface area contributed by atoms with E-state index in [1.807, 2.05) is 6.07 Å². The van der Waals surface area contributed by atoms with E-state index >= 15 is 0 Å². The summed E-state index contributed by atoms with van der Waals surface area (Å²) in [6, 6.07) is 6.77. The van der Waals surface area contributed by atoms with Crippen LogP contribution in [0.4, 0.5) is 4.39 Å². The van der Waals surface area contributed by atoms with Gasteiger partial charge in [-0.25, -0.2) is 4.39 Å². The van der Waals surface area contributed by atoms with Gasteiger partial charge in [0, 0.05) is 11.5 Å². The first kappa shape index (κ1) is 11.5. The standard InChI is InChI=1S/C11H14FN.ClH/c1-2-11(13)7-10(11)8-4-3-5-9(12)6-8;/h3-6,10H,2,7,13H2,1H3;1H/t10-,11+;/m1./s1. The molecule has 1 aliphatic carbocycles. The molecule has 0 heterocycles. The summed E-state index contributed by atoms with van der Waals surface area (Å²) < 4.78 is 12.9. The fraction of sp³-hybridized carbons (Fsp3) is 0.455. The van der Waals surface area contributed by atoms with Crippen molar-refractivity contribution in [2.24, 2.45) is 5.73 Å². The van der Waals surface area contributed by atoms with Crippen molar-refractivity contribution in [2.75, 3.05) is 0 Å². The van der Waals surface area contributed by atoms with Crippen LogP contribution >= 0.6 is 12.4 Å². The maximum atomic E-state index is 12.9. The predicted octanol–water partition coefficient (Wildman–Crippen LogP) is 2.84. The van der Waals surface area contributed by atoms with Crippen LogP contribution in [0, 0.1) is 5.82 Å². The minimum absolute atomic E-state index is 0. The second-order valence-corrected chi connectivity index (χ2v) is 3.90. The van der Waals surface area contributed by atoms with Crippen LogP contribution in [-0.2, 0) is 0 Å². The zero-order valence-corrected chi connectivity index (χ0v) is 8.98. The average molecular weight is 216 g/mol. The third kappa shape index (κ3) is 1.91. The molecule has 0 aromatic heterocycles. The molecule has 0 bridgehead atoms.